The highest BCUT2D eigenvalue weighted by atomic mass is 16.1. The van der Waals surface area contributed by atoms with Gasteiger partial charge in [0, 0.05) is 29.3 Å². The predicted octanol–water partition coefficient (Wildman–Crippen LogP) is 3.75. The Kier molecular flexibility index (Phi) is 3.39. The molecule has 3 nitrogen and oxygen atoms in total. The lowest BCUT2D eigenvalue weighted by Gasteiger charge is -2.00. The van der Waals surface area contributed by atoms with E-state index >= 15 is 0 Å². The quantitative estimate of drug-likeness (QED) is 0.690. The maximum absolute atomic E-state index is 12.4. The minimum Gasteiger partial charge on any atom is -0.289 e. The van der Waals surface area contributed by atoms with Crippen LogP contribution in [-0.2, 0) is 13.0 Å². The summed E-state index contributed by atoms with van der Waals surface area (Å²) >= 11 is 0. The summed E-state index contributed by atoms with van der Waals surface area (Å²) in [4.78, 5) is 12.4. The lowest BCUT2D eigenvalue weighted by molar-refractivity contribution is 0.104. The van der Waals surface area contributed by atoms with Gasteiger partial charge in [0.15, 0.2) is 5.78 Å². The van der Waals surface area contributed by atoms with Crippen LogP contribution in [0.1, 0.15) is 27.0 Å². The average Bonchev–Trinajstić information content (AvgIpc) is 3.14. The van der Waals surface area contributed by atoms with E-state index in [1.54, 1.807) is 0 Å². The van der Waals surface area contributed by atoms with Gasteiger partial charge in [-0.2, -0.15) is 5.10 Å². The van der Waals surface area contributed by atoms with Crippen LogP contribution in [0.25, 0.3) is 6.08 Å². The number of allylic oxidation sites excluding steroid dienone is 1. The second kappa shape index (κ2) is 5.69. The molecule has 0 saturated carbocycles. The molecule has 0 spiro atoms. The van der Waals surface area contributed by atoms with Gasteiger partial charge in [0.1, 0.15) is 0 Å². The molecule has 0 bridgehead atoms. The van der Waals surface area contributed by atoms with Crippen molar-refractivity contribution in [1.29, 1.82) is 0 Å². The summed E-state index contributed by atoms with van der Waals surface area (Å²) in [5.74, 6) is 0.136. The molecule has 4 rings (SSSR count). The van der Waals surface area contributed by atoms with Crippen molar-refractivity contribution in [3.8, 4) is 0 Å². The Labute approximate surface area is 134 Å². The van der Waals surface area contributed by atoms with Crippen LogP contribution in [0, 0.1) is 0 Å². The molecule has 23 heavy (non-hydrogen) atoms. The Balaban J connectivity index is 1.56. The number of carbonyl (C=O) groups excluding carboxylic acids is 1. The Morgan fingerprint density at radius 3 is 2.65 bits per heavy atom. The zero-order chi connectivity index (χ0) is 15.6. The zero-order valence-corrected chi connectivity index (χ0v) is 12.6. The smallest absolute Gasteiger partial charge is 0.189 e. The van der Waals surface area contributed by atoms with Crippen molar-refractivity contribution in [2.24, 2.45) is 0 Å². The van der Waals surface area contributed by atoms with Gasteiger partial charge in [0.25, 0.3) is 0 Å². The van der Waals surface area contributed by atoms with Crippen molar-refractivity contribution in [2.45, 2.75) is 13.0 Å². The fourth-order valence-corrected chi connectivity index (χ4v) is 2.98. The van der Waals surface area contributed by atoms with E-state index in [-0.39, 0.29) is 5.78 Å². The SMILES string of the molecule is O=C1C(=Cc2cnn(Cc3ccccc3)c2)Cc2ccccc21. The molecule has 0 radical (unpaired) electrons. The molecule has 0 aliphatic heterocycles. The molecule has 0 amide bonds. The third-order valence-electron chi connectivity index (χ3n) is 4.12. The number of ketones is 1. The van der Waals surface area contributed by atoms with Gasteiger partial charge in [-0.25, -0.2) is 0 Å². The van der Waals surface area contributed by atoms with Crippen molar-refractivity contribution in [3.63, 3.8) is 0 Å². The molecular formula is C20H16N2O. The third-order valence-corrected chi connectivity index (χ3v) is 4.12. The molecule has 0 fully saturated rings. The van der Waals surface area contributed by atoms with E-state index in [0.717, 1.165) is 28.8 Å². The van der Waals surface area contributed by atoms with Gasteiger partial charge < -0.3 is 0 Å². The second-order valence-electron chi connectivity index (χ2n) is 5.79. The Morgan fingerprint density at radius 1 is 1.04 bits per heavy atom. The molecule has 1 aliphatic rings. The highest BCUT2D eigenvalue weighted by molar-refractivity contribution is 6.15. The van der Waals surface area contributed by atoms with Gasteiger partial charge in [0.05, 0.1) is 12.7 Å². The highest BCUT2D eigenvalue weighted by Crippen LogP contribution is 2.27. The normalized spacial score (nSPS) is 15.1. The minimum absolute atomic E-state index is 0.136. The van der Waals surface area contributed by atoms with Crippen LogP contribution in [0.3, 0.4) is 0 Å². The number of rotatable bonds is 3. The number of hydrogen-bond donors (Lipinski definition) is 0. The number of nitrogens with zero attached hydrogens (tertiary/aromatic N) is 2. The predicted molar refractivity (Wildman–Crippen MR) is 90.2 cm³/mol. The maximum atomic E-state index is 12.4. The number of fused-ring (bicyclic) bond motifs is 1. The molecule has 3 aromatic rings. The standard InChI is InChI=1S/C20H16N2O/c23-20-18(11-17-8-4-5-9-19(17)20)10-16-12-21-22(14-16)13-15-6-2-1-3-7-15/h1-10,12,14H,11,13H2. The lowest BCUT2D eigenvalue weighted by atomic mass is 10.1. The van der Waals surface area contributed by atoms with E-state index in [0.29, 0.717) is 6.42 Å². The van der Waals surface area contributed by atoms with Crippen molar-refractivity contribution in [1.82, 2.24) is 9.78 Å². The summed E-state index contributed by atoms with van der Waals surface area (Å²) in [6.07, 6.45) is 6.46. The van der Waals surface area contributed by atoms with Crippen molar-refractivity contribution < 1.29 is 4.79 Å². The van der Waals surface area contributed by atoms with Gasteiger partial charge in [-0.05, 0) is 17.2 Å². The molecule has 0 saturated heterocycles. The molecule has 1 aromatic heterocycles. The van der Waals surface area contributed by atoms with E-state index in [1.165, 1.54) is 5.56 Å². The molecule has 112 valence electrons. The fourth-order valence-electron chi connectivity index (χ4n) is 2.98. The van der Waals surface area contributed by atoms with Crippen LogP contribution in [0.5, 0.6) is 0 Å². The Hall–Kier alpha value is -2.94. The summed E-state index contributed by atoms with van der Waals surface area (Å²) in [6, 6.07) is 18.0. The fraction of sp³-hybridized carbons (Fsp3) is 0.100. The van der Waals surface area contributed by atoms with Crippen LogP contribution >= 0.6 is 0 Å². The first-order valence-electron chi connectivity index (χ1n) is 7.69. The van der Waals surface area contributed by atoms with E-state index in [1.807, 2.05) is 65.6 Å². The number of benzene rings is 2. The number of aromatic nitrogens is 2. The minimum atomic E-state index is 0.136. The molecule has 0 unspecified atom stereocenters. The number of carbonyl (C=O) groups is 1. The zero-order valence-electron chi connectivity index (χ0n) is 12.6. The number of Topliss-reactive ketones (excluding diaryl/α,β-unsaturated/α-hetero) is 1. The van der Waals surface area contributed by atoms with Crippen molar-refractivity contribution >= 4 is 11.9 Å². The number of hydrogen-bond acceptors (Lipinski definition) is 2. The topological polar surface area (TPSA) is 34.9 Å². The third kappa shape index (κ3) is 2.73. The van der Waals surface area contributed by atoms with Crippen LogP contribution in [0.2, 0.25) is 0 Å². The van der Waals surface area contributed by atoms with E-state index in [2.05, 4.69) is 17.2 Å². The van der Waals surface area contributed by atoms with Gasteiger partial charge in [-0.1, -0.05) is 54.6 Å². The molecular weight excluding hydrogens is 284 g/mol. The lowest BCUT2D eigenvalue weighted by Crippen LogP contribution is -1.99. The van der Waals surface area contributed by atoms with E-state index in [9.17, 15) is 4.79 Å². The van der Waals surface area contributed by atoms with Gasteiger partial charge in [-0.15, -0.1) is 0 Å². The largest absolute Gasteiger partial charge is 0.289 e. The van der Waals surface area contributed by atoms with E-state index < -0.39 is 0 Å². The second-order valence-corrected chi connectivity index (χ2v) is 5.79. The summed E-state index contributed by atoms with van der Waals surface area (Å²) in [7, 11) is 0. The summed E-state index contributed by atoms with van der Waals surface area (Å²) in [5.41, 5.74) is 4.96. The molecule has 1 heterocycles. The van der Waals surface area contributed by atoms with E-state index in [4.69, 9.17) is 0 Å². The Morgan fingerprint density at radius 2 is 1.83 bits per heavy atom. The van der Waals surface area contributed by atoms with Crippen molar-refractivity contribution in [3.05, 3.63) is 94.8 Å². The molecule has 0 atom stereocenters. The van der Waals surface area contributed by atoms with Crippen LogP contribution in [0.4, 0.5) is 0 Å². The highest BCUT2D eigenvalue weighted by Gasteiger charge is 2.23. The first kappa shape index (κ1) is 13.7. The monoisotopic (exact) mass is 300 g/mol. The van der Waals surface area contributed by atoms with Gasteiger partial charge in [0.2, 0.25) is 0 Å². The van der Waals surface area contributed by atoms with Gasteiger partial charge >= 0.3 is 0 Å². The molecule has 0 N–H and O–H groups in total. The summed E-state index contributed by atoms with van der Waals surface area (Å²) in [5, 5.41) is 4.39. The average molecular weight is 300 g/mol. The first-order chi connectivity index (χ1) is 11.3. The summed E-state index contributed by atoms with van der Waals surface area (Å²) in [6.45, 7) is 0.734. The molecule has 2 aromatic carbocycles. The van der Waals surface area contributed by atoms with Crippen molar-refractivity contribution in [2.75, 3.05) is 0 Å². The molecule has 3 heteroatoms. The van der Waals surface area contributed by atoms with Crippen LogP contribution in [-0.4, -0.2) is 15.6 Å². The Bertz CT molecular complexity index is 891. The first-order valence-corrected chi connectivity index (χ1v) is 7.69. The van der Waals surface area contributed by atoms with Crippen LogP contribution < -0.4 is 0 Å². The van der Waals surface area contributed by atoms with Gasteiger partial charge in [-0.3, -0.25) is 9.48 Å². The summed E-state index contributed by atoms with van der Waals surface area (Å²) < 4.78 is 1.90. The van der Waals surface area contributed by atoms with Crippen LogP contribution in [0.15, 0.2) is 72.6 Å². The molecule has 1 aliphatic carbocycles. The maximum Gasteiger partial charge on any atom is 0.189 e.